The Labute approximate surface area is 166 Å². The Balaban J connectivity index is 2.14. The van der Waals surface area contributed by atoms with Crippen molar-refractivity contribution in [2.45, 2.75) is 82.0 Å². The molecule has 168 valence electrons. The maximum atomic E-state index is 11.1. The van der Waals surface area contributed by atoms with E-state index in [-0.39, 0.29) is 6.61 Å². The smallest absolute Gasteiger partial charge is 0.302 e. The monoisotopic (exact) mass is 424 g/mol. The van der Waals surface area contributed by atoms with Gasteiger partial charge in [0.05, 0.1) is 6.10 Å². The zero-order valence-electron chi connectivity index (χ0n) is 16.3. The summed E-state index contributed by atoms with van der Waals surface area (Å²) in [6.45, 7) is 3.11. The number of ether oxygens (including phenoxy) is 5. The predicted molar refractivity (Wildman–Crippen MR) is 91.2 cm³/mol. The number of aliphatic hydroxyl groups excluding tert-OH is 5. The second kappa shape index (κ2) is 10.1. The molecule has 0 spiro atoms. The van der Waals surface area contributed by atoms with Gasteiger partial charge in [0.1, 0.15) is 62.0 Å². The number of aliphatic hydroxyl groups is 5. The molecule has 2 aliphatic rings. The summed E-state index contributed by atoms with van der Waals surface area (Å²) in [5.74, 6) is -1.25. The van der Waals surface area contributed by atoms with Crippen molar-refractivity contribution in [3.05, 3.63) is 0 Å². The van der Waals surface area contributed by atoms with Crippen LogP contribution in [0.3, 0.4) is 0 Å². The van der Waals surface area contributed by atoms with Gasteiger partial charge in [0, 0.05) is 13.8 Å². The van der Waals surface area contributed by atoms with E-state index in [1.54, 1.807) is 0 Å². The SMILES string of the molecule is CC(=O)OCC1O[C@@H](O[C@@H]2C(COC(C)=O)OC(C)[C@@H](O)C2O)[C@@H](O)C(O)[C@H]1O. The Morgan fingerprint density at radius 1 is 0.759 bits per heavy atom. The molecule has 2 rings (SSSR count). The van der Waals surface area contributed by atoms with Crippen LogP contribution in [0, 0.1) is 0 Å². The van der Waals surface area contributed by atoms with Crippen molar-refractivity contribution in [1.29, 1.82) is 0 Å². The Bertz CT molecular complexity index is 571. The van der Waals surface area contributed by atoms with E-state index in [2.05, 4.69) is 0 Å². The lowest BCUT2D eigenvalue weighted by Crippen LogP contribution is -2.64. The van der Waals surface area contributed by atoms with Crippen LogP contribution in [0.5, 0.6) is 0 Å². The molecular formula is C17H28O12. The average Bonchev–Trinajstić information content (AvgIpc) is 2.65. The number of rotatable bonds is 6. The number of esters is 2. The first-order valence-electron chi connectivity index (χ1n) is 9.16. The third kappa shape index (κ3) is 5.83. The summed E-state index contributed by atoms with van der Waals surface area (Å²) in [5.41, 5.74) is 0. The minimum absolute atomic E-state index is 0.307. The van der Waals surface area contributed by atoms with E-state index >= 15 is 0 Å². The van der Waals surface area contributed by atoms with Crippen molar-refractivity contribution in [3.63, 3.8) is 0 Å². The highest BCUT2D eigenvalue weighted by Crippen LogP contribution is 2.29. The van der Waals surface area contributed by atoms with Crippen LogP contribution in [0.25, 0.3) is 0 Å². The summed E-state index contributed by atoms with van der Waals surface area (Å²) in [4.78, 5) is 22.1. The molecule has 0 aromatic carbocycles. The van der Waals surface area contributed by atoms with Gasteiger partial charge >= 0.3 is 11.9 Å². The molecular weight excluding hydrogens is 396 g/mol. The van der Waals surface area contributed by atoms with Crippen LogP contribution < -0.4 is 0 Å². The molecule has 29 heavy (non-hydrogen) atoms. The first kappa shape index (κ1) is 23.9. The average molecular weight is 424 g/mol. The van der Waals surface area contributed by atoms with Crippen molar-refractivity contribution in [3.8, 4) is 0 Å². The lowest BCUT2D eigenvalue weighted by molar-refractivity contribution is -0.341. The standard InChI is InChI=1S/C17H28O12/c1-6-11(20)14(23)16(10(27-6)5-26-8(3)19)29-17-15(24)13(22)12(21)9(28-17)4-25-7(2)18/h6,9-17,20-24H,4-5H2,1-3H3/t6?,9?,10?,11-,12+,13?,14?,15+,16-,17+/m1/s1. The molecule has 0 amide bonds. The summed E-state index contributed by atoms with van der Waals surface area (Å²) < 4.78 is 26.2. The molecule has 0 radical (unpaired) electrons. The number of hydrogen-bond acceptors (Lipinski definition) is 12. The van der Waals surface area contributed by atoms with Crippen LogP contribution in [0.1, 0.15) is 20.8 Å². The lowest BCUT2D eigenvalue weighted by Gasteiger charge is -2.45. The fourth-order valence-electron chi connectivity index (χ4n) is 3.15. The van der Waals surface area contributed by atoms with Gasteiger partial charge in [-0.3, -0.25) is 9.59 Å². The zero-order valence-corrected chi connectivity index (χ0v) is 16.3. The van der Waals surface area contributed by atoms with E-state index in [4.69, 9.17) is 23.7 Å². The molecule has 0 aromatic rings. The van der Waals surface area contributed by atoms with Gasteiger partial charge in [-0.15, -0.1) is 0 Å². The molecule has 0 aromatic heterocycles. The van der Waals surface area contributed by atoms with Crippen molar-refractivity contribution >= 4 is 11.9 Å². The van der Waals surface area contributed by atoms with Gasteiger partial charge in [-0.25, -0.2) is 0 Å². The first-order valence-corrected chi connectivity index (χ1v) is 9.16. The molecule has 0 saturated carbocycles. The Hall–Kier alpha value is -1.38. The summed E-state index contributed by atoms with van der Waals surface area (Å²) in [5, 5.41) is 50.8. The maximum Gasteiger partial charge on any atom is 0.302 e. The van der Waals surface area contributed by atoms with Crippen molar-refractivity contribution in [2.24, 2.45) is 0 Å². The van der Waals surface area contributed by atoms with Crippen LogP contribution in [-0.2, 0) is 33.3 Å². The first-order chi connectivity index (χ1) is 13.5. The van der Waals surface area contributed by atoms with Crippen molar-refractivity contribution in [2.75, 3.05) is 13.2 Å². The van der Waals surface area contributed by atoms with Gasteiger partial charge < -0.3 is 49.2 Å². The summed E-state index contributed by atoms with van der Waals surface area (Å²) in [6, 6.07) is 0. The normalized spacial score (nSPS) is 42.9. The number of carbonyl (C=O) groups excluding carboxylic acids is 2. The quantitative estimate of drug-likeness (QED) is 0.270. The Morgan fingerprint density at radius 3 is 1.86 bits per heavy atom. The Kier molecular flexibility index (Phi) is 8.31. The molecule has 2 fully saturated rings. The van der Waals surface area contributed by atoms with Gasteiger partial charge in [0.25, 0.3) is 0 Å². The molecule has 2 saturated heterocycles. The van der Waals surface area contributed by atoms with Crippen LogP contribution in [0.2, 0.25) is 0 Å². The highest BCUT2D eigenvalue weighted by atomic mass is 16.7. The van der Waals surface area contributed by atoms with E-state index in [0.29, 0.717) is 0 Å². The number of hydrogen-bond donors (Lipinski definition) is 5. The lowest BCUT2D eigenvalue weighted by atomic mass is 9.95. The van der Waals surface area contributed by atoms with Crippen LogP contribution in [0.15, 0.2) is 0 Å². The van der Waals surface area contributed by atoms with Gasteiger partial charge in [-0.2, -0.15) is 0 Å². The van der Waals surface area contributed by atoms with E-state index in [9.17, 15) is 35.1 Å². The zero-order chi connectivity index (χ0) is 21.9. The second-order valence-electron chi connectivity index (χ2n) is 7.08. The third-order valence-corrected chi connectivity index (χ3v) is 4.78. The molecule has 2 heterocycles. The highest BCUT2D eigenvalue weighted by molar-refractivity contribution is 5.66. The fourth-order valence-corrected chi connectivity index (χ4v) is 3.15. The summed E-state index contributed by atoms with van der Waals surface area (Å²) in [7, 11) is 0. The van der Waals surface area contributed by atoms with Crippen LogP contribution >= 0.6 is 0 Å². The summed E-state index contributed by atoms with van der Waals surface area (Å²) in [6.07, 6.45) is -13.8. The Morgan fingerprint density at radius 2 is 1.31 bits per heavy atom. The minimum Gasteiger partial charge on any atom is -0.463 e. The minimum atomic E-state index is -1.73. The molecule has 12 nitrogen and oxygen atoms in total. The molecule has 5 N–H and O–H groups in total. The van der Waals surface area contributed by atoms with E-state index in [1.807, 2.05) is 0 Å². The highest BCUT2D eigenvalue weighted by Gasteiger charge is 2.50. The predicted octanol–water partition coefficient (Wildman–Crippen LogP) is -3.19. The van der Waals surface area contributed by atoms with Gasteiger partial charge in [0.2, 0.25) is 0 Å². The van der Waals surface area contributed by atoms with Gasteiger partial charge in [0.15, 0.2) is 6.29 Å². The second-order valence-corrected chi connectivity index (χ2v) is 7.08. The van der Waals surface area contributed by atoms with E-state index in [0.717, 1.165) is 6.92 Å². The molecule has 10 atom stereocenters. The fraction of sp³-hybridized carbons (Fsp3) is 0.882. The number of carbonyl (C=O) groups is 2. The maximum absolute atomic E-state index is 11.1. The van der Waals surface area contributed by atoms with Crippen molar-refractivity contribution < 1.29 is 58.8 Å². The third-order valence-electron chi connectivity index (χ3n) is 4.78. The summed E-state index contributed by atoms with van der Waals surface area (Å²) >= 11 is 0. The van der Waals surface area contributed by atoms with Gasteiger partial charge in [-0.1, -0.05) is 0 Å². The molecule has 2 aliphatic heterocycles. The van der Waals surface area contributed by atoms with Gasteiger partial charge in [-0.05, 0) is 6.92 Å². The molecule has 12 heteroatoms. The van der Waals surface area contributed by atoms with E-state index < -0.39 is 79.8 Å². The largest absolute Gasteiger partial charge is 0.463 e. The van der Waals surface area contributed by atoms with Crippen LogP contribution in [-0.4, -0.2) is 112 Å². The topological polar surface area (TPSA) is 181 Å². The van der Waals surface area contributed by atoms with E-state index in [1.165, 1.54) is 13.8 Å². The molecule has 0 aliphatic carbocycles. The molecule has 5 unspecified atom stereocenters. The van der Waals surface area contributed by atoms with Crippen LogP contribution in [0.4, 0.5) is 0 Å². The molecule has 0 bridgehead atoms. The van der Waals surface area contributed by atoms with Crippen molar-refractivity contribution in [1.82, 2.24) is 0 Å².